The van der Waals surface area contributed by atoms with Crippen LogP contribution in [0, 0.1) is 13.8 Å². The smallest absolute Gasteiger partial charge is 0.416 e. The molecule has 0 unspecified atom stereocenters. The van der Waals surface area contributed by atoms with Crippen LogP contribution in [0.25, 0.3) is 0 Å². The number of nitrogens with zero attached hydrogens (tertiary/aromatic N) is 2. The number of carboxylic acid groups (broad SMARTS) is 1. The van der Waals surface area contributed by atoms with Crippen molar-refractivity contribution in [2.24, 2.45) is 0 Å². The highest BCUT2D eigenvalue weighted by Gasteiger charge is 2.38. The van der Waals surface area contributed by atoms with Gasteiger partial charge < -0.3 is 9.84 Å². The molecule has 1 fully saturated rings. The first-order valence-electron chi connectivity index (χ1n) is 10.0. The molecular formula is C23H23F3N2O5. The molecule has 2 aromatic carbocycles. The first-order chi connectivity index (χ1) is 15.2. The Hall–Kier alpha value is -3.56. The summed E-state index contributed by atoms with van der Waals surface area (Å²) in [6.07, 6.45) is -4.57. The number of carbonyl (C=O) groups excluding carboxylic acids is 2. The van der Waals surface area contributed by atoms with E-state index in [1.165, 1.54) is 26.0 Å². The van der Waals surface area contributed by atoms with Gasteiger partial charge in [0.15, 0.2) is 5.60 Å². The number of imide groups is 1. The molecule has 2 aromatic rings. The molecule has 0 radical (unpaired) electrons. The predicted octanol–water partition coefficient (Wildman–Crippen LogP) is 4.53. The van der Waals surface area contributed by atoms with Crippen molar-refractivity contribution in [3.05, 3.63) is 58.7 Å². The number of rotatable bonds is 6. The molecule has 3 rings (SSSR count). The molecule has 10 heteroatoms. The van der Waals surface area contributed by atoms with Crippen molar-refractivity contribution in [3.8, 4) is 5.75 Å². The first kappa shape index (κ1) is 24.1. The third kappa shape index (κ3) is 4.94. The number of ether oxygens (including phenoxy) is 1. The minimum Gasteiger partial charge on any atom is -0.478 e. The number of aliphatic carboxylic acids is 1. The van der Waals surface area contributed by atoms with Crippen molar-refractivity contribution in [3.63, 3.8) is 0 Å². The average Bonchev–Trinajstić information content (AvgIpc) is 2.98. The fourth-order valence-corrected chi connectivity index (χ4v) is 3.52. The van der Waals surface area contributed by atoms with Crippen LogP contribution in [0.15, 0.2) is 36.4 Å². The Morgan fingerprint density at radius 3 is 2.24 bits per heavy atom. The van der Waals surface area contributed by atoms with Crippen molar-refractivity contribution >= 4 is 23.6 Å². The number of carboxylic acids is 1. The number of hydrogen-bond acceptors (Lipinski definition) is 4. The number of amides is 3. The summed E-state index contributed by atoms with van der Waals surface area (Å²) < 4.78 is 44.7. The van der Waals surface area contributed by atoms with E-state index in [1.54, 1.807) is 26.0 Å². The highest BCUT2D eigenvalue weighted by atomic mass is 19.4. The first-order valence-corrected chi connectivity index (χ1v) is 10.0. The molecule has 1 saturated heterocycles. The summed E-state index contributed by atoms with van der Waals surface area (Å²) in [5.74, 6) is -1.29. The number of alkyl halides is 3. The van der Waals surface area contributed by atoms with Crippen LogP contribution in [-0.2, 0) is 22.3 Å². The summed E-state index contributed by atoms with van der Waals surface area (Å²) in [4.78, 5) is 38.7. The van der Waals surface area contributed by atoms with Crippen molar-refractivity contribution in [1.29, 1.82) is 0 Å². The minimum absolute atomic E-state index is 0.0160. The molecule has 0 aromatic heterocycles. The normalized spacial score (nSPS) is 14.8. The monoisotopic (exact) mass is 464 g/mol. The number of carbonyl (C=O) groups is 3. The maximum absolute atomic E-state index is 13.0. The fourth-order valence-electron chi connectivity index (χ4n) is 3.52. The third-order valence-corrected chi connectivity index (χ3v) is 5.27. The van der Waals surface area contributed by atoms with Crippen LogP contribution in [0.1, 0.15) is 36.1 Å². The molecule has 0 saturated carbocycles. The number of anilines is 1. The molecule has 1 aliphatic heterocycles. The standard InChI is InChI=1S/C23H23F3N2O5/c1-13-8-15(9-14(2)19(13)33-22(3,4)20(30)31)11-28-18(29)12-27(21(28)32)17-7-5-6-16(10-17)23(24,25)26/h5-10H,11-12H2,1-4H3,(H,30,31). The van der Waals surface area contributed by atoms with E-state index in [9.17, 15) is 32.7 Å². The Balaban J connectivity index is 1.83. The molecular weight excluding hydrogens is 441 g/mol. The Morgan fingerprint density at radius 2 is 1.70 bits per heavy atom. The maximum atomic E-state index is 13.0. The van der Waals surface area contributed by atoms with E-state index in [1.807, 2.05) is 0 Å². The summed E-state index contributed by atoms with van der Waals surface area (Å²) in [7, 11) is 0. The van der Waals surface area contributed by atoms with Gasteiger partial charge in [0.05, 0.1) is 12.1 Å². The third-order valence-electron chi connectivity index (χ3n) is 5.27. The number of hydrogen-bond donors (Lipinski definition) is 1. The van der Waals surface area contributed by atoms with Gasteiger partial charge in [0.2, 0.25) is 0 Å². The lowest BCUT2D eigenvalue weighted by Crippen LogP contribution is -2.38. The quantitative estimate of drug-likeness (QED) is 0.635. The van der Waals surface area contributed by atoms with Gasteiger partial charge in [-0.2, -0.15) is 13.2 Å². The lowest BCUT2D eigenvalue weighted by Gasteiger charge is -2.25. The number of urea groups is 1. The molecule has 1 aliphatic rings. The number of halogens is 3. The van der Waals surface area contributed by atoms with E-state index in [2.05, 4.69) is 0 Å². The van der Waals surface area contributed by atoms with E-state index in [4.69, 9.17) is 4.74 Å². The summed E-state index contributed by atoms with van der Waals surface area (Å²) in [5.41, 5.74) is -0.550. The molecule has 1 heterocycles. The molecule has 33 heavy (non-hydrogen) atoms. The Bertz CT molecular complexity index is 1100. The van der Waals surface area contributed by atoms with Crippen LogP contribution in [0.3, 0.4) is 0 Å². The van der Waals surface area contributed by atoms with Crippen molar-refractivity contribution in [2.75, 3.05) is 11.4 Å². The summed E-state index contributed by atoms with van der Waals surface area (Å²) in [6.45, 7) is 5.82. The lowest BCUT2D eigenvalue weighted by molar-refractivity contribution is -0.152. The van der Waals surface area contributed by atoms with Crippen molar-refractivity contribution in [1.82, 2.24) is 4.90 Å². The van der Waals surface area contributed by atoms with Gasteiger partial charge in [-0.05, 0) is 62.6 Å². The predicted molar refractivity (Wildman–Crippen MR) is 113 cm³/mol. The lowest BCUT2D eigenvalue weighted by atomic mass is 10.0. The second-order valence-electron chi connectivity index (χ2n) is 8.37. The van der Waals surface area contributed by atoms with Gasteiger partial charge in [-0.1, -0.05) is 18.2 Å². The van der Waals surface area contributed by atoms with E-state index in [0.29, 0.717) is 22.4 Å². The van der Waals surface area contributed by atoms with Gasteiger partial charge >= 0.3 is 18.2 Å². The van der Waals surface area contributed by atoms with Crippen LogP contribution >= 0.6 is 0 Å². The molecule has 7 nitrogen and oxygen atoms in total. The van der Waals surface area contributed by atoms with Gasteiger partial charge in [-0.15, -0.1) is 0 Å². The number of aryl methyl sites for hydroxylation is 2. The van der Waals surface area contributed by atoms with Gasteiger partial charge in [-0.25, -0.2) is 9.59 Å². The summed E-state index contributed by atoms with van der Waals surface area (Å²) >= 11 is 0. The maximum Gasteiger partial charge on any atom is 0.416 e. The van der Waals surface area contributed by atoms with E-state index in [0.717, 1.165) is 21.9 Å². The highest BCUT2D eigenvalue weighted by Crippen LogP contribution is 2.33. The molecule has 0 aliphatic carbocycles. The molecule has 176 valence electrons. The van der Waals surface area contributed by atoms with E-state index in [-0.39, 0.29) is 18.8 Å². The van der Waals surface area contributed by atoms with Crippen LogP contribution in [0.4, 0.5) is 23.7 Å². The van der Waals surface area contributed by atoms with Gasteiger partial charge in [-0.3, -0.25) is 14.6 Å². The minimum atomic E-state index is -4.57. The van der Waals surface area contributed by atoms with Crippen LogP contribution < -0.4 is 9.64 Å². The summed E-state index contributed by atoms with van der Waals surface area (Å²) in [5, 5.41) is 9.29. The van der Waals surface area contributed by atoms with Gasteiger partial charge in [0.1, 0.15) is 12.3 Å². The SMILES string of the molecule is Cc1cc(CN2C(=O)CN(c3cccc(C(F)(F)F)c3)C2=O)cc(C)c1OC(C)(C)C(=O)O. The molecule has 0 spiro atoms. The Kier molecular flexibility index (Phi) is 6.14. The van der Waals surface area contributed by atoms with Crippen molar-refractivity contribution < 1.29 is 37.4 Å². The Labute approximate surface area is 188 Å². The zero-order chi connectivity index (χ0) is 24.7. The van der Waals surface area contributed by atoms with Gasteiger partial charge in [0, 0.05) is 5.69 Å². The fraction of sp³-hybridized carbons (Fsp3) is 0.348. The topological polar surface area (TPSA) is 87.2 Å². The second kappa shape index (κ2) is 8.42. The average molecular weight is 464 g/mol. The zero-order valence-electron chi connectivity index (χ0n) is 18.5. The van der Waals surface area contributed by atoms with Crippen LogP contribution in [-0.4, -0.2) is 40.1 Å². The molecule has 1 N–H and O–H groups in total. The van der Waals surface area contributed by atoms with Crippen LogP contribution in [0.2, 0.25) is 0 Å². The second-order valence-corrected chi connectivity index (χ2v) is 8.37. The van der Waals surface area contributed by atoms with Crippen LogP contribution in [0.5, 0.6) is 5.75 Å². The van der Waals surface area contributed by atoms with E-state index < -0.39 is 35.2 Å². The van der Waals surface area contributed by atoms with Gasteiger partial charge in [0.25, 0.3) is 5.91 Å². The molecule has 0 atom stereocenters. The molecule has 0 bridgehead atoms. The zero-order valence-corrected chi connectivity index (χ0v) is 18.5. The highest BCUT2D eigenvalue weighted by molar-refractivity contribution is 6.12. The molecule has 3 amide bonds. The number of benzene rings is 2. The Morgan fingerprint density at radius 1 is 1.09 bits per heavy atom. The van der Waals surface area contributed by atoms with Crippen molar-refractivity contribution in [2.45, 2.75) is 46.0 Å². The van der Waals surface area contributed by atoms with E-state index >= 15 is 0 Å². The largest absolute Gasteiger partial charge is 0.478 e. The summed E-state index contributed by atoms with van der Waals surface area (Å²) in [6, 6.07) is 6.88.